The van der Waals surface area contributed by atoms with Crippen molar-refractivity contribution in [1.29, 1.82) is 0 Å². The number of nitrogens with zero attached hydrogens (tertiary/aromatic N) is 3. The van der Waals surface area contributed by atoms with Crippen molar-refractivity contribution in [3.63, 3.8) is 0 Å². The SMILES string of the molecule is C=N/C=C\C1=C(C(=O)C(C)C)CN(CC(/C=N\CCF)=C/C=C/O)C1=O. The van der Waals surface area contributed by atoms with E-state index in [0.29, 0.717) is 16.7 Å². The van der Waals surface area contributed by atoms with E-state index in [1.54, 1.807) is 19.9 Å². The Bertz CT molecular complexity index is 688. The van der Waals surface area contributed by atoms with E-state index in [1.165, 1.54) is 29.5 Å². The number of hydrogen-bond acceptors (Lipinski definition) is 5. The lowest BCUT2D eigenvalue weighted by Crippen LogP contribution is -2.30. The number of carbonyl (C=O) groups is 2. The smallest absolute Gasteiger partial charge is 0.254 e. The minimum atomic E-state index is -0.583. The molecule has 26 heavy (non-hydrogen) atoms. The second-order valence-corrected chi connectivity index (χ2v) is 5.88. The van der Waals surface area contributed by atoms with Crippen molar-refractivity contribution in [3.8, 4) is 0 Å². The molecule has 1 aliphatic heterocycles. The van der Waals surface area contributed by atoms with Crippen molar-refractivity contribution in [2.45, 2.75) is 13.8 Å². The molecule has 0 spiro atoms. The molecule has 6 nitrogen and oxygen atoms in total. The van der Waals surface area contributed by atoms with Crippen LogP contribution in [0.3, 0.4) is 0 Å². The molecule has 0 fully saturated rings. The summed E-state index contributed by atoms with van der Waals surface area (Å²) in [7, 11) is 0. The van der Waals surface area contributed by atoms with Crippen molar-refractivity contribution < 1.29 is 19.1 Å². The largest absolute Gasteiger partial charge is 0.516 e. The zero-order valence-electron chi connectivity index (χ0n) is 15.1. The Labute approximate surface area is 152 Å². The van der Waals surface area contributed by atoms with Crippen LogP contribution in [0.2, 0.25) is 0 Å². The van der Waals surface area contributed by atoms with Gasteiger partial charge in [0.05, 0.1) is 19.4 Å². The Morgan fingerprint density at radius 3 is 2.77 bits per heavy atom. The molecule has 0 radical (unpaired) electrons. The number of alkyl halides is 1. The fraction of sp³-hybridized carbons (Fsp3) is 0.368. The highest BCUT2D eigenvalue weighted by atomic mass is 19.1. The van der Waals surface area contributed by atoms with Crippen LogP contribution in [0.25, 0.3) is 0 Å². The predicted molar refractivity (Wildman–Crippen MR) is 101 cm³/mol. The maximum Gasteiger partial charge on any atom is 0.254 e. The molecular formula is C19H24FN3O3. The Hall–Kier alpha value is -2.83. The third-order valence-electron chi connectivity index (χ3n) is 3.60. The van der Waals surface area contributed by atoms with Gasteiger partial charge in [-0.1, -0.05) is 19.9 Å². The summed E-state index contributed by atoms with van der Waals surface area (Å²) in [6, 6.07) is 0. The molecule has 1 heterocycles. The summed E-state index contributed by atoms with van der Waals surface area (Å²) >= 11 is 0. The summed E-state index contributed by atoms with van der Waals surface area (Å²) in [5, 5.41) is 8.83. The van der Waals surface area contributed by atoms with Gasteiger partial charge in [-0.15, -0.1) is 0 Å². The van der Waals surface area contributed by atoms with Gasteiger partial charge in [0.2, 0.25) is 0 Å². The van der Waals surface area contributed by atoms with E-state index in [9.17, 15) is 14.0 Å². The Morgan fingerprint density at radius 1 is 1.46 bits per heavy atom. The van der Waals surface area contributed by atoms with E-state index >= 15 is 0 Å². The third kappa shape index (κ3) is 5.91. The quantitative estimate of drug-likeness (QED) is 0.369. The van der Waals surface area contributed by atoms with Gasteiger partial charge >= 0.3 is 0 Å². The second kappa shape index (κ2) is 10.9. The van der Waals surface area contributed by atoms with Crippen molar-refractivity contribution in [1.82, 2.24) is 4.90 Å². The summed E-state index contributed by atoms with van der Waals surface area (Å²) in [6.07, 6.45) is 8.11. The van der Waals surface area contributed by atoms with Gasteiger partial charge in [0.25, 0.3) is 5.91 Å². The van der Waals surface area contributed by atoms with Crippen LogP contribution in [0.4, 0.5) is 4.39 Å². The highest BCUT2D eigenvalue weighted by Crippen LogP contribution is 2.24. The van der Waals surface area contributed by atoms with Crippen LogP contribution in [-0.2, 0) is 9.59 Å². The van der Waals surface area contributed by atoms with E-state index < -0.39 is 6.67 Å². The molecule has 0 aromatic rings. The molecule has 0 saturated heterocycles. The van der Waals surface area contributed by atoms with Gasteiger partial charge < -0.3 is 10.0 Å². The van der Waals surface area contributed by atoms with Crippen LogP contribution in [-0.4, -0.2) is 60.9 Å². The lowest BCUT2D eigenvalue weighted by atomic mass is 9.98. The molecule has 0 unspecified atom stereocenters. The van der Waals surface area contributed by atoms with Gasteiger partial charge in [-0.2, -0.15) is 0 Å². The van der Waals surface area contributed by atoms with Crippen molar-refractivity contribution in [2.75, 3.05) is 26.3 Å². The van der Waals surface area contributed by atoms with Crippen LogP contribution in [0.15, 0.2) is 57.4 Å². The number of allylic oxidation sites excluding steroid dienone is 2. The number of rotatable bonds is 10. The Kier molecular flexibility index (Phi) is 8.91. The highest BCUT2D eigenvalue weighted by molar-refractivity contribution is 6.11. The van der Waals surface area contributed by atoms with Crippen LogP contribution in [0.5, 0.6) is 0 Å². The fourth-order valence-corrected chi connectivity index (χ4v) is 2.39. The monoisotopic (exact) mass is 361 g/mol. The maximum absolute atomic E-state index is 12.7. The minimum absolute atomic E-state index is 0.0163. The molecule has 0 atom stereocenters. The lowest BCUT2D eigenvalue weighted by Gasteiger charge is -2.17. The molecule has 0 aromatic carbocycles. The lowest BCUT2D eigenvalue weighted by molar-refractivity contribution is -0.124. The van der Waals surface area contributed by atoms with E-state index in [4.69, 9.17) is 5.11 Å². The van der Waals surface area contributed by atoms with Crippen LogP contribution >= 0.6 is 0 Å². The number of halogens is 1. The van der Waals surface area contributed by atoms with Crippen LogP contribution < -0.4 is 0 Å². The number of ketones is 1. The molecule has 0 aromatic heterocycles. The molecule has 0 bridgehead atoms. The van der Waals surface area contributed by atoms with E-state index in [1.807, 2.05) is 0 Å². The average Bonchev–Trinajstić information content (AvgIpc) is 2.92. The molecule has 0 saturated carbocycles. The van der Waals surface area contributed by atoms with Crippen LogP contribution in [0, 0.1) is 5.92 Å². The van der Waals surface area contributed by atoms with Gasteiger partial charge in [0, 0.05) is 36.0 Å². The number of Topliss-reactive ketones (excluding diaryl/α,β-unsaturated/α-hetero) is 1. The summed E-state index contributed by atoms with van der Waals surface area (Å²) in [5.74, 6) is -0.639. The van der Waals surface area contributed by atoms with Crippen molar-refractivity contribution >= 4 is 24.6 Å². The molecule has 0 aliphatic carbocycles. The first kappa shape index (κ1) is 21.2. The summed E-state index contributed by atoms with van der Waals surface area (Å²) < 4.78 is 12.2. The summed E-state index contributed by atoms with van der Waals surface area (Å²) in [6.45, 7) is 6.66. The van der Waals surface area contributed by atoms with Crippen LogP contribution in [0.1, 0.15) is 13.8 Å². The van der Waals surface area contributed by atoms with E-state index in [2.05, 4.69) is 16.7 Å². The average molecular weight is 361 g/mol. The van der Waals surface area contributed by atoms with Gasteiger partial charge in [-0.25, -0.2) is 4.39 Å². The first-order valence-electron chi connectivity index (χ1n) is 8.21. The highest BCUT2D eigenvalue weighted by Gasteiger charge is 2.33. The molecule has 1 rings (SSSR count). The molecule has 7 heteroatoms. The molecule has 1 N–H and O–H groups in total. The number of aliphatic imine (C=N–C) groups is 2. The van der Waals surface area contributed by atoms with Gasteiger partial charge in [0.15, 0.2) is 5.78 Å². The maximum atomic E-state index is 12.7. The van der Waals surface area contributed by atoms with Crippen molar-refractivity contribution in [3.05, 3.63) is 47.4 Å². The van der Waals surface area contributed by atoms with Gasteiger partial charge in [0.1, 0.15) is 6.67 Å². The minimum Gasteiger partial charge on any atom is -0.516 e. The number of carbonyl (C=O) groups excluding carboxylic acids is 2. The third-order valence-corrected chi connectivity index (χ3v) is 3.60. The first-order chi connectivity index (χ1) is 12.5. The molecule has 140 valence electrons. The second-order valence-electron chi connectivity index (χ2n) is 5.88. The standard InChI is InChI=1S/C19H24FN3O3/c1-14(2)18(25)17-13-23(19(26)16(17)6-8-21-3)12-15(5-4-10-24)11-22-9-7-20/h4-6,8,10-11,14,24H,3,7,9,12-13H2,1-2H3/b8-6-,10-4+,15-5+,22-11-. The molecule has 1 aliphatic rings. The Balaban J connectivity index is 3.08. The number of hydrogen-bond donors (Lipinski definition) is 1. The normalized spacial score (nSPS) is 16.2. The summed E-state index contributed by atoms with van der Waals surface area (Å²) in [4.78, 5) is 34.1. The number of aliphatic hydroxyl groups is 1. The van der Waals surface area contributed by atoms with Crippen molar-refractivity contribution in [2.24, 2.45) is 15.9 Å². The topological polar surface area (TPSA) is 82.3 Å². The zero-order valence-corrected chi connectivity index (χ0v) is 15.1. The molecule has 1 amide bonds. The first-order valence-corrected chi connectivity index (χ1v) is 8.21. The van der Waals surface area contributed by atoms with E-state index in [-0.39, 0.29) is 37.2 Å². The molecular weight excluding hydrogens is 337 g/mol. The van der Waals surface area contributed by atoms with Gasteiger partial charge in [-0.3, -0.25) is 19.6 Å². The van der Waals surface area contributed by atoms with E-state index in [0.717, 1.165) is 6.26 Å². The summed E-state index contributed by atoms with van der Waals surface area (Å²) in [5.41, 5.74) is 1.33. The number of amides is 1. The van der Waals surface area contributed by atoms with Gasteiger partial charge in [-0.05, 0) is 24.4 Å². The zero-order chi connectivity index (χ0) is 19.5. The predicted octanol–water partition coefficient (Wildman–Crippen LogP) is 2.60. The number of aliphatic hydroxyl groups excluding tert-OH is 1. The Morgan fingerprint density at radius 2 is 2.19 bits per heavy atom. The fourth-order valence-electron chi connectivity index (χ4n) is 2.39.